The number of benzene rings is 4. The summed E-state index contributed by atoms with van der Waals surface area (Å²) >= 11 is 23.5. The third-order valence-corrected chi connectivity index (χ3v) is 17.9. The van der Waals surface area contributed by atoms with Gasteiger partial charge < -0.3 is 50.5 Å². The van der Waals surface area contributed by atoms with Crippen LogP contribution in [-0.2, 0) is 0 Å². The van der Waals surface area contributed by atoms with E-state index in [0.717, 1.165) is 164 Å². The van der Waals surface area contributed by atoms with Crippen molar-refractivity contribution in [3.63, 3.8) is 0 Å². The number of piperidine rings is 1. The number of halogens is 6. The van der Waals surface area contributed by atoms with Crippen molar-refractivity contribution in [2.45, 2.75) is 46.0 Å². The van der Waals surface area contributed by atoms with E-state index in [4.69, 9.17) is 37.7 Å². The van der Waals surface area contributed by atoms with E-state index >= 15 is 0 Å². The van der Waals surface area contributed by atoms with E-state index in [1.165, 1.54) is 31.5 Å². The fourth-order valence-corrected chi connectivity index (χ4v) is 11.8. The van der Waals surface area contributed by atoms with Gasteiger partial charge in [0.05, 0.1) is 35.3 Å². The average molecular weight is 1750 g/mol. The van der Waals surface area contributed by atoms with E-state index in [0.29, 0.717) is 48.2 Å². The third-order valence-electron chi connectivity index (χ3n) is 16.8. The molecule has 0 atom stereocenters. The zero-order chi connectivity index (χ0) is 76.3. The summed E-state index contributed by atoms with van der Waals surface area (Å²) in [6.45, 7) is 14.0. The number of likely N-dealkylation sites (tertiary alicyclic amines) is 1. The quantitative estimate of drug-likeness (QED) is 0.0287. The predicted octanol–water partition coefficient (Wildman–Crippen LogP) is 17.5. The second kappa shape index (κ2) is 45.6. The summed E-state index contributed by atoms with van der Waals surface area (Å²) in [5, 5.41) is 26.7. The molecule has 2 aliphatic rings. The van der Waals surface area contributed by atoms with Crippen molar-refractivity contribution in [2.75, 3.05) is 140 Å². The molecule has 2 aliphatic heterocycles. The normalized spacial score (nSPS) is 12.9. The van der Waals surface area contributed by atoms with Crippen LogP contribution in [-0.4, -0.2) is 201 Å². The van der Waals surface area contributed by atoms with Crippen LogP contribution in [0, 0.1) is 12.8 Å². The third kappa shape index (κ3) is 27.2. The van der Waals surface area contributed by atoms with E-state index in [2.05, 4.69) is 194 Å². The van der Waals surface area contributed by atoms with Gasteiger partial charge in [-0.2, -0.15) is 0 Å². The van der Waals surface area contributed by atoms with Gasteiger partial charge in [-0.25, -0.2) is 39.9 Å². The van der Waals surface area contributed by atoms with Crippen LogP contribution >= 0.6 is 86.4 Å². The smallest absolute Gasteiger partial charge is 0.369 e. The highest BCUT2D eigenvalue weighted by molar-refractivity contribution is 9.69. The maximum atomic E-state index is 9.54. The summed E-state index contributed by atoms with van der Waals surface area (Å²) in [4.78, 5) is 60.5. The number of nitrogens with one attached hydrogen (secondary N) is 4. The first-order chi connectivity index (χ1) is 52.0. The second-order valence-corrected chi connectivity index (χ2v) is 32.8. The Morgan fingerprint density at radius 3 is 1.17 bits per heavy atom. The number of fused-ring (bicyclic) bond motifs is 4. The Kier molecular flexibility index (Phi) is 36.0. The number of aryl methyl sites for hydroxylation is 1. The molecule has 12 aromatic rings. The van der Waals surface area contributed by atoms with Crippen LogP contribution < -0.4 is 30.7 Å². The Hall–Kier alpha value is -8.12. The van der Waals surface area contributed by atoms with Crippen molar-refractivity contribution in [3.05, 3.63) is 176 Å². The summed E-state index contributed by atoms with van der Waals surface area (Å²) < 4.78 is 12.0. The molecular formula is C78H92BBr4Cl2N19O3. The number of piperazine rings is 1. The van der Waals surface area contributed by atoms with Crippen LogP contribution in [0.15, 0.2) is 171 Å². The van der Waals surface area contributed by atoms with Crippen molar-refractivity contribution in [1.82, 2.24) is 74.5 Å². The van der Waals surface area contributed by atoms with Gasteiger partial charge in [0.15, 0.2) is 23.3 Å². The first-order valence-electron chi connectivity index (χ1n) is 35.2. The molecule has 0 bridgehead atoms. The number of hydrogen-bond donors (Lipinski definition) is 5. The highest BCUT2D eigenvalue weighted by Gasteiger charge is 2.17. The molecule has 0 spiro atoms. The molecule has 22 nitrogen and oxygen atoms in total. The van der Waals surface area contributed by atoms with Crippen molar-refractivity contribution in [3.8, 4) is 62.8 Å². The Bertz CT molecular complexity index is 4490. The SMILES string of the molecule is BrB(Br)Br.CC1CCN(C)CC1.CNc1nc(-c2cccnc2)nc2ccc(C)cc12.CNc1nc(-c2cccnc2)nc2ccc(O)cc12.CNc1nc(-c2cccnc2)nc2ccc(OCCCCl)cc12.CNc1nc(-c2cccnc2)nc2ccc(OCCCN3CCN(C)CC3)cc12.ClCCCBr. The van der Waals surface area contributed by atoms with Gasteiger partial charge in [-0.05, 0) is 187 Å². The summed E-state index contributed by atoms with van der Waals surface area (Å²) in [6.07, 6.45) is 19.7. The fourth-order valence-electron chi connectivity index (χ4n) is 11.0. The predicted molar refractivity (Wildman–Crippen MR) is 458 cm³/mol. The molecule has 0 radical (unpaired) electrons. The van der Waals surface area contributed by atoms with Crippen LogP contribution in [0.5, 0.6) is 17.2 Å². The van der Waals surface area contributed by atoms with Gasteiger partial charge in [-0.15, -0.1) is 70.5 Å². The Morgan fingerprint density at radius 2 is 0.822 bits per heavy atom. The van der Waals surface area contributed by atoms with Crippen molar-refractivity contribution >= 4 is 156 Å². The highest BCUT2D eigenvalue weighted by atomic mass is 79.9. The number of hydrogen-bond acceptors (Lipinski definition) is 22. The van der Waals surface area contributed by atoms with Gasteiger partial charge >= 0.3 is 3.18 Å². The molecule has 5 N–H and O–H groups in total. The lowest BCUT2D eigenvalue weighted by Gasteiger charge is -2.32. The number of rotatable bonds is 19. The molecular weight excluding hydrogens is 1650 g/mol. The van der Waals surface area contributed by atoms with Crippen molar-refractivity contribution in [1.29, 1.82) is 0 Å². The Balaban J connectivity index is 0.000000169. The Labute approximate surface area is 671 Å². The summed E-state index contributed by atoms with van der Waals surface area (Å²) in [5.74, 6) is 9.85. The zero-order valence-electron chi connectivity index (χ0n) is 61.6. The molecule has 2 fully saturated rings. The van der Waals surface area contributed by atoms with Crippen LogP contribution in [0.2, 0.25) is 0 Å². The number of nitrogens with zero attached hydrogens (tertiary/aromatic N) is 15. The van der Waals surface area contributed by atoms with Gasteiger partial charge in [0.25, 0.3) is 0 Å². The van der Waals surface area contributed by atoms with E-state index in [9.17, 15) is 5.11 Å². The molecule has 0 amide bonds. The fraction of sp³-hybridized carbons (Fsp3) is 0.333. The molecule has 0 aliphatic carbocycles. The number of phenolic OH excluding ortho intramolecular Hbond substituents is 1. The number of pyridine rings is 4. The summed E-state index contributed by atoms with van der Waals surface area (Å²) in [5.41, 5.74) is 8.20. The minimum Gasteiger partial charge on any atom is -0.508 e. The van der Waals surface area contributed by atoms with Crippen LogP contribution in [0.25, 0.3) is 89.2 Å². The van der Waals surface area contributed by atoms with Crippen molar-refractivity contribution < 1.29 is 14.6 Å². The molecule has 10 heterocycles. The maximum absolute atomic E-state index is 9.54. The topological polar surface area (TPSA) is 251 Å². The monoisotopic (exact) mass is 1740 g/mol. The summed E-state index contributed by atoms with van der Waals surface area (Å²) in [6, 6.07) is 38.3. The largest absolute Gasteiger partial charge is 0.508 e. The molecule has 14 rings (SSSR count). The number of likely N-dealkylation sites (N-methyl/N-ethyl adjacent to an activating group) is 1. The number of aromatic nitrogens is 12. The second-order valence-electron chi connectivity index (χ2n) is 24.8. The standard InChI is InChI=1S/C22H28N6O.C17H17ClN4O.C15H14N4.C14H12N4O.C7H15N.C3H6BrCl.BBr3/c1-23-22-19-15-18(29-14-4-9-28-12-10-27(2)11-13-28)6-7-20(19)25-21(26-22)17-5-3-8-24-16-17;1-19-17-14-10-13(23-9-3-7-18)5-6-15(14)21-16(22-17)12-4-2-8-20-11-12;1-10-5-6-13-12(8-10)15(16-2)19-14(18-13)11-4-3-7-17-9-11;1-15-14-11-7-10(19)4-5-12(11)17-13(18-14)9-3-2-6-16-8-9;1-7-3-5-8(2)6-4-7;4-2-1-3-5;2-1(3)4/h3,5-8,15-16H,4,9-14H2,1-2H3,(H,23,25,26);2,4-6,8,10-11H,3,7,9H2,1H3,(H,19,21,22);3-9H,1-2H3,(H,16,18,19);2-8,19H,1H3,(H,15,17,18);7H,3-6H2,1-2H3;1-3H2;. The average Bonchev–Trinajstić information content (AvgIpc) is 0.817. The number of alkyl halides is 3. The van der Waals surface area contributed by atoms with E-state index in [-0.39, 0.29) is 8.93 Å². The zero-order valence-corrected chi connectivity index (χ0v) is 69.4. The molecule has 29 heteroatoms. The lowest BCUT2D eigenvalue weighted by molar-refractivity contribution is 0.145. The van der Waals surface area contributed by atoms with Crippen LogP contribution in [0.3, 0.4) is 0 Å². The maximum Gasteiger partial charge on any atom is 0.369 e. The molecule has 0 unspecified atom stereocenters. The first kappa shape index (κ1) is 84.5. The van der Waals surface area contributed by atoms with Gasteiger partial charge in [0.2, 0.25) is 0 Å². The minimum absolute atomic E-state index is 0.196. The van der Waals surface area contributed by atoms with Crippen LogP contribution in [0.1, 0.15) is 44.6 Å². The summed E-state index contributed by atoms with van der Waals surface area (Å²) in [7, 11) is 11.8. The number of aromatic hydroxyl groups is 1. The molecule has 562 valence electrons. The van der Waals surface area contributed by atoms with E-state index < -0.39 is 0 Å². The van der Waals surface area contributed by atoms with Crippen LogP contribution in [0.4, 0.5) is 23.3 Å². The van der Waals surface area contributed by atoms with E-state index in [1.807, 2.05) is 112 Å². The molecule has 0 saturated carbocycles. The molecule has 4 aromatic carbocycles. The van der Waals surface area contributed by atoms with Gasteiger partial charge in [0, 0.05) is 171 Å². The molecule has 2 saturated heterocycles. The lowest BCUT2D eigenvalue weighted by atomic mass is 10.00. The molecule has 8 aromatic heterocycles. The number of phenols is 1. The van der Waals surface area contributed by atoms with Gasteiger partial charge in [-0.3, -0.25) is 19.9 Å². The number of ether oxygens (including phenoxy) is 2. The van der Waals surface area contributed by atoms with Gasteiger partial charge in [0.1, 0.15) is 40.5 Å². The van der Waals surface area contributed by atoms with Gasteiger partial charge in [-0.1, -0.05) is 34.5 Å². The highest BCUT2D eigenvalue weighted by Crippen LogP contribution is 2.32. The van der Waals surface area contributed by atoms with Crippen molar-refractivity contribution in [2.24, 2.45) is 5.92 Å². The number of anilines is 4. The van der Waals surface area contributed by atoms with E-state index in [1.54, 1.807) is 74.8 Å². The lowest BCUT2D eigenvalue weighted by Crippen LogP contribution is -2.44. The minimum atomic E-state index is 0.196. The Morgan fingerprint density at radius 1 is 0.467 bits per heavy atom. The molecule has 107 heavy (non-hydrogen) atoms. The first-order valence-corrected chi connectivity index (χ1v) is 40.2.